The Morgan fingerprint density at radius 3 is 2.64 bits per heavy atom. The number of thioether (sulfide) groups is 1. The largest absolute Gasteiger partial charge is 0.338 e. The van der Waals surface area contributed by atoms with Crippen molar-refractivity contribution in [2.45, 2.75) is 11.7 Å². The second-order valence-electron chi connectivity index (χ2n) is 6.11. The first kappa shape index (κ1) is 16.1. The standard InChI is InChI=1S/C20H19N3OS/c24-20(16-6-7-17-18(14-16)22-10-9-21-17)23-11-8-19(25-13-12-23)15-4-2-1-3-5-15/h1-7,9-10,14,19H,8,11-13H2/t19-/m1/s1. The van der Waals surface area contributed by atoms with Crippen LogP contribution in [0.4, 0.5) is 0 Å². The predicted molar refractivity (Wildman–Crippen MR) is 102 cm³/mol. The number of rotatable bonds is 2. The second-order valence-corrected chi connectivity index (χ2v) is 7.42. The van der Waals surface area contributed by atoms with Crippen molar-refractivity contribution in [2.24, 2.45) is 0 Å². The van der Waals surface area contributed by atoms with Gasteiger partial charge in [0.05, 0.1) is 11.0 Å². The van der Waals surface area contributed by atoms with E-state index in [0.29, 0.717) is 10.8 Å². The van der Waals surface area contributed by atoms with Crippen LogP contribution >= 0.6 is 11.8 Å². The molecule has 1 fully saturated rings. The number of hydrogen-bond acceptors (Lipinski definition) is 4. The number of fused-ring (bicyclic) bond motifs is 1. The minimum Gasteiger partial charge on any atom is -0.338 e. The summed E-state index contributed by atoms with van der Waals surface area (Å²) in [4.78, 5) is 23.4. The smallest absolute Gasteiger partial charge is 0.253 e. The maximum Gasteiger partial charge on any atom is 0.253 e. The molecule has 0 bridgehead atoms. The van der Waals surface area contributed by atoms with E-state index < -0.39 is 0 Å². The summed E-state index contributed by atoms with van der Waals surface area (Å²) in [7, 11) is 0. The SMILES string of the molecule is O=C(c1ccc2nccnc2c1)N1CCS[C@@H](c2ccccc2)CC1. The van der Waals surface area contributed by atoms with Crippen LogP contribution in [0, 0.1) is 0 Å². The molecule has 3 aromatic rings. The Labute approximate surface area is 151 Å². The van der Waals surface area contributed by atoms with Gasteiger partial charge in [-0.15, -0.1) is 0 Å². The Bertz CT molecular complexity index is 884. The lowest BCUT2D eigenvalue weighted by Gasteiger charge is -2.20. The molecule has 0 unspecified atom stereocenters. The maximum atomic E-state index is 12.9. The highest BCUT2D eigenvalue weighted by atomic mass is 32.2. The lowest BCUT2D eigenvalue weighted by molar-refractivity contribution is 0.0766. The van der Waals surface area contributed by atoms with E-state index in [-0.39, 0.29) is 5.91 Å². The van der Waals surface area contributed by atoms with Crippen molar-refractivity contribution in [3.8, 4) is 0 Å². The van der Waals surface area contributed by atoms with Crippen molar-refractivity contribution in [3.63, 3.8) is 0 Å². The van der Waals surface area contributed by atoms with Crippen LogP contribution < -0.4 is 0 Å². The number of nitrogens with zero attached hydrogens (tertiary/aromatic N) is 3. The van der Waals surface area contributed by atoms with Crippen molar-refractivity contribution in [2.75, 3.05) is 18.8 Å². The number of benzene rings is 2. The van der Waals surface area contributed by atoms with Crippen LogP contribution in [0.25, 0.3) is 11.0 Å². The molecule has 4 nitrogen and oxygen atoms in total. The van der Waals surface area contributed by atoms with Crippen molar-refractivity contribution < 1.29 is 4.79 Å². The van der Waals surface area contributed by atoms with Crippen LogP contribution in [0.1, 0.15) is 27.6 Å². The van der Waals surface area contributed by atoms with Crippen LogP contribution in [-0.2, 0) is 0 Å². The molecule has 0 spiro atoms. The number of aromatic nitrogens is 2. The molecule has 1 saturated heterocycles. The van der Waals surface area contributed by atoms with Gasteiger partial charge in [0, 0.05) is 42.0 Å². The van der Waals surface area contributed by atoms with Crippen molar-refractivity contribution in [3.05, 3.63) is 72.1 Å². The van der Waals surface area contributed by atoms with Gasteiger partial charge in [-0.2, -0.15) is 11.8 Å². The van der Waals surface area contributed by atoms with Crippen LogP contribution in [0.15, 0.2) is 60.9 Å². The molecular weight excluding hydrogens is 330 g/mol. The molecule has 0 N–H and O–H groups in total. The first-order valence-corrected chi connectivity index (χ1v) is 9.53. The molecule has 2 heterocycles. The van der Waals surface area contributed by atoms with Gasteiger partial charge in [-0.25, -0.2) is 0 Å². The molecule has 126 valence electrons. The van der Waals surface area contributed by atoms with Gasteiger partial charge < -0.3 is 4.90 Å². The highest BCUT2D eigenvalue weighted by Crippen LogP contribution is 2.34. The van der Waals surface area contributed by atoms with E-state index in [4.69, 9.17) is 0 Å². The number of hydrogen-bond donors (Lipinski definition) is 0. The normalized spacial score (nSPS) is 18.1. The Hall–Kier alpha value is -2.40. The zero-order valence-corrected chi connectivity index (χ0v) is 14.7. The molecule has 5 heteroatoms. The summed E-state index contributed by atoms with van der Waals surface area (Å²) in [6.07, 6.45) is 4.30. The van der Waals surface area contributed by atoms with Gasteiger partial charge in [-0.1, -0.05) is 30.3 Å². The fraction of sp³-hybridized carbons (Fsp3) is 0.250. The summed E-state index contributed by atoms with van der Waals surface area (Å²) in [5.74, 6) is 1.04. The van der Waals surface area contributed by atoms with Gasteiger partial charge in [0.15, 0.2) is 0 Å². The summed E-state index contributed by atoms with van der Waals surface area (Å²) < 4.78 is 0. The monoisotopic (exact) mass is 349 g/mol. The minimum atomic E-state index is 0.0851. The van der Waals surface area contributed by atoms with E-state index in [9.17, 15) is 4.79 Å². The maximum absolute atomic E-state index is 12.9. The number of carbonyl (C=O) groups is 1. The van der Waals surface area contributed by atoms with Gasteiger partial charge >= 0.3 is 0 Å². The van der Waals surface area contributed by atoms with E-state index in [1.807, 2.05) is 40.9 Å². The molecular formula is C20H19N3OS. The van der Waals surface area contributed by atoms with Crippen LogP contribution in [0.3, 0.4) is 0 Å². The molecule has 1 aliphatic rings. The Morgan fingerprint density at radius 1 is 1.00 bits per heavy atom. The zero-order valence-electron chi connectivity index (χ0n) is 13.8. The third-order valence-corrected chi connectivity index (χ3v) is 5.84. The summed E-state index contributed by atoms with van der Waals surface area (Å²) in [6.45, 7) is 1.56. The summed E-state index contributed by atoms with van der Waals surface area (Å²) in [6, 6.07) is 16.1. The molecule has 0 aliphatic carbocycles. The van der Waals surface area contributed by atoms with Crippen molar-refractivity contribution >= 4 is 28.7 Å². The quantitative estimate of drug-likeness (QED) is 0.703. The Kier molecular flexibility index (Phi) is 4.65. The molecule has 0 saturated carbocycles. The van der Waals surface area contributed by atoms with Crippen LogP contribution in [0.5, 0.6) is 0 Å². The summed E-state index contributed by atoms with van der Waals surface area (Å²) in [5.41, 5.74) is 3.62. The lowest BCUT2D eigenvalue weighted by Crippen LogP contribution is -2.32. The highest BCUT2D eigenvalue weighted by Gasteiger charge is 2.23. The van der Waals surface area contributed by atoms with Gasteiger partial charge in [-0.3, -0.25) is 14.8 Å². The fourth-order valence-electron chi connectivity index (χ4n) is 3.19. The molecule has 0 radical (unpaired) electrons. The predicted octanol–water partition coefficient (Wildman–Crippen LogP) is 3.95. The Balaban J connectivity index is 1.50. The van der Waals surface area contributed by atoms with Gasteiger partial charge in [0.1, 0.15) is 0 Å². The third-order valence-electron chi connectivity index (χ3n) is 4.52. The average molecular weight is 349 g/mol. The molecule has 1 aliphatic heterocycles. The topological polar surface area (TPSA) is 46.1 Å². The highest BCUT2D eigenvalue weighted by molar-refractivity contribution is 7.99. The van der Waals surface area contributed by atoms with E-state index in [2.05, 4.69) is 34.2 Å². The van der Waals surface area contributed by atoms with E-state index in [0.717, 1.165) is 36.3 Å². The van der Waals surface area contributed by atoms with Gasteiger partial charge in [0.25, 0.3) is 5.91 Å². The lowest BCUT2D eigenvalue weighted by atomic mass is 10.1. The first-order chi connectivity index (χ1) is 12.3. The van der Waals surface area contributed by atoms with Crippen LogP contribution in [-0.4, -0.2) is 39.6 Å². The molecule has 1 atom stereocenters. The van der Waals surface area contributed by atoms with E-state index >= 15 is 0 Å². The van der Waals surface area contributed by atoms with E-state index in [1.54, 1.807) is 12.4 Å². The van der Waals surface area contributed by atoms with E-state index in [1.165, 1.54) is 5.56 Å². The summed E-state index contributed by atoms with van der Waals surface area (Å²) >= 11 is 1.94. The first-order valence-electron chi connectivity index (χ1n) is 8.48. The number of carbonyl (C=O) groups excluding carboxylic acids is 1. The molecule has 1 aromatic heterocycles. The molecule has 2 aromatic carbocycles. The van der Waals surface area contributed by atoms with Crippen molar-refractivity contribution in [1.29, 1.82) is 0 Å². The van der Waals surface area contributed by atoms with Crippen molar-refractivity contribution in [1.82, 2.24) is 14.9 Å². The fourth-order valence-corrected chi connectivity index (χ4v) is 4.42. The van der Waals surface area contributed by atoms with Gasteiger partial charge in [-0.05, 0) is 30.2 Å². The van der Waals surface area contributed by atoms with Gasteiger partial charge in [0.2, 0.25) is 0 Å². The van der Waals surface area contributed by atoms with Crippen LogP contribution in [0.2, 0.25) is 0 Å². The summed E-state index contributed by atoms with van der Waals surface area (Å²) in [5, 5.41) is 0.460. The zero-order chi connectivity index (χ0) is 17.1. The molecule has 1 amide bonds. The second kappa shape index (κ2) is 7.23. The Morgan fingerprint density at radius 2 is 1.80 bits per heavy atom. The molecule has 25 heavy (non-hydrogen) atoms. The third kappa shape index (κ3) is 3.51. The minimum absolute atomic E-state index is 0.0851. The number of amides is 1. The molecule has 4 rings (SSSR count). The average Bonchev–Trinajstić information content (AvgIpc) is 2.94.